The van der Waals surface area contributed by atoms with Crippen molar-refractivity contribution in [3.8, 4) is 16.3 Å². The van der Waals surface area contributed by atoms with Crippen LogP contribution in [0.3, 0.4) is 0 Å². The second kappa shape index (κ2) is 7.02. The van der Waals surface area contributed by atoms with Gasteiger partial charge in [0.2, 0.25) is 0 Å². The van der Waals surface area contributed by atoms with Crippen molar-refractivity contribution in [2.24, 2.45) is 0 Å². The minimum absolute atomic E-state index is 0.203. The summed E-state index contributed by atoms with van der Waals surface area (Å²) in [5.74, 6) is 0.537. The summed E-state index contributed by atoms with van der Waals surface area (Å²) >= 11 is 1.42. The third-order valence-electron chi connectivity index (χ3n) is 3.25. The number of rotatable bonds is 5. The molecule has 0 aliphatic heterocycles. The molecule has 0 aliphatic rings. The maximum atomic E-state index is 12.2. The van der Waals surface area contributed by atoms with Crippen LogP contribution in [0.5, 0.6) is 5.75 Å². The smallest absolute Gasteiger partial charge is 0.271 e. The van der Waals surface area contributed by atoms with Gasteiger partial charge in [0.05, 0.1) is 12.7 Å². The number of aromatic nitrogens is 2. The number of pyridine rings is 1. The van der Waals surface area contributed by atoms with Gasteiger partial charge in [-0.3, -0.25) is 9.78 Å². The quantitative estimate of drug-likeness (QED) is 0.783. The molecule has 116 valence electrons. The average molecular weight is 325 g/mol. The molecule has 3 aromatic rings. The molecule has 1 amide bonds. The van der Waals surface area contributed by atoms with E-state index >= 15 is 0 Å². The Balaban J connectivity index is 1.72. The highest BCUT2D eigenvalue weighted by atomic mass is 32.1. The topological polar surface area (TPSA) is 64.1 Å². The molecule has 0 saturated carbocycles. The molecular weight excluding hydrogens is 310 g/mol. The minimum Gasteiger partial charge on any atom is -0.496 e. The lowest BCUT2D eigenvalue weighted by atomic mass is 10.2. The second-order valence-corrected chi connectivity index (χ2v) is 5.64. The van der Waals surface area contributed by atoms with Crippen LogP contribution in [0.1, 0.15) is 16.1 Å². The van der Waals surface area contributed by atoms with Crippen molar-refractivity contribution in [1.82, 2.24) is 15.3 Å². The van der Waals surface area contributed by atoms with E-state index in [1.54, 1.807) is 24.9 Å². The van der Waals surface area contributed by atoms with Gasteiger partial charge in [0, 0.05) is 24.3 Å². The number of thiazole rings is 1. The number of ether oxygens (including phenoxy) is 1. The zero-order valence-corrected chi connectivity index (χ0v) is 13.3. The number of nitrogens with zero attached hydrogens (tertiary/aromatic N) is 2. The fraction of sp³-hybridized carbons (Fsp3) is 0.118. The molecule has 1 aromatic carbocycles. The number of hydrogen-bond acceptors (Lipinski definition) is 5. The first kappa shape index (κ1) is 15.2. The first-order chi connectivity index (χ1) is 11.3. The highest BCUT2D eigenvalue weighted by Gasteiger charge is 2.14. The Hall–Kier alpha value is -2.73. The molecule has 3 rings (SSSR count). The molecule has 0 fully saturated rings. The van der Waals surface area contributed by atoms with Crippen LogP contribution in [-0.4, -0.2) is 23.0 Å². The van der Waals surface area contributed by atoms with Gasteiger partial charge in [0.25, 0.3) is 5.91 Å². The van der Waals surface area contributed by atoms with Crippen molar-refractivity contribution in [2.75, 3.05) is 7.11 Å². The molecule has 0 saturated heterocycles. The van der Waals surface area contributed by atoms with E-state index in [-0.39, 0.29) is 5.91 Å². The third kappa shape index (κ3) is 3.54. The lowest BCUT2D eigenvalue weighted by Gasteiger charge is -2.05. The first-order valence-corrected chi connectivity index (χ1v) is 7.92. The predicted molar refractivity (Wildman–Crippen MR) is 89.5 cm³/mol. The Morgan fingerprint density at radius 1 is 1.26 bits per heavy atom. The van der Waals surface area contributed by atoms with Crippen molar-refractivity contribution >= 4 is 17.2 Å². The van der Waals surface area contributed by atoms with Crippen molar-refractivity contribution < 1.29 is 9.53 Å². The highest BCUT2D eigenvalue weighted by molar-refractivity contribution is 7.13. The molecule has 0 bridgehead atoms. The summed E-state index contributed by atoms with van der Waals surface area (Å²) in [5.41, 5.74) is 2.23. The monoisotopic (exact) mass is 325 g/mol. The van der Waals surface area contributed by atoms with Crippen LogP contribution in [0.2, 0.25) is 0 Å². The second-order valence-electron chi connectivity index (χ2n) is 4.78. The van der Waals surface area contributed by atoms with E-state index in [1.807, 2.05) is 36.4 Å². The van der Waals surface area contributed by atoms with Crippen molar-refractivity contribution in [3.05, 3.63) is 65.4 Å². The predicted octanol–water partition coefficient (Wildman–Crippen LogP) is 3.14. The Bertz CT molecular complexity index is 802. The number of methoxy groups -OCH3 is 1. The summed E-state index contributed by atoms with van der Waals surface area (Å²) < 4.78 is 5.33. The molecule has 0 unspecified atom stereocenters. The summed E-state index contributed by atoms with van der Waals surface area (Å²) in [7, 11) is 1.62. The van der Waals surface area contributed by atoms with Gasteiger partial charge in [-0.05, 0) is 23.8 Å². The van der Waals surface area contributed by atoms with Gasteiger partial charge in [-0.25, -0.2) is 4.98 Å². The molecule has 1 N–H and O–H groups in total. The minimum atomic E-state index is -0.203. The summed E-state index contributed by atoms with van der Waals surface area (Å²) in [5, 5.41) is 5.35. The van der Waals surface area contributed by atoms with Crippen LogP contribution in [0.4, 0.5) is 0 Å². The van der Waals surface area contributed by atoms with E-state index in [0.29, 0.717) is 12.2 Å². The normalized spacial score (nSPS) is 10.3. The van der Waals surface area contributed by atoms with Crippen molar-refractivity contribution in [1.29, 1.82) is 0 Å². The third-order valence-corrected chi connectivity index (χ3v) is 4.13. The molecule has 0 aliphatic carbocycles. The zero-order valence-electron chi connectivity index (χ0n) is 12.5. The first-order valence-electron chi connectivity index (χ1n) is 7.04. The fourth-order valence-corrected chi connectivity index (χ4v) is 2.93. The van der Waals surface area contributed by atoms with Gasteiger partial charge in [-0.1, -0.05) is 18.2 Å². The van der Waals surface area contributed by atoms with Crippen LogP contribution >= 0.6 is 11.3 Å². The molecule has 0 spiro atoms. The lowest BCUT2D eigenvalue weighted by Crippen LogP contribution is -2.23. The molecular formula is C17H15N3O2S. The van der Waals surface area contributed by atoms with Gasteiger partial charge in [-0.2, -0.15) is 0 Å². The maximum absolute atomic E-state index is 12.2. The number of carbonyl (C=O) groups excluding carboxylic acids is 1. The Kier molecular flexibility index (Phi) is 4.63. The standard InChI is InChI=1S/C17H15N3O2S/c1-22-15-7-3-2-6-13(15)17-20-14(11-23-17)16(21)19-10-12-5-4-8-18-9-12/h2-9,11H,10H2,1H3,(H,19,21). The maximum Gasteiger partial charge on any atom is 0.271 e. The van der Waals surface area contributed by atoms with Gasteiger partial charge in [0.15, 0.2) is 0 Å². The summed E-state index contributed by atoms with van der Waals surface area (Å²) in [6.45, 7) is 0.425. The van der Waals surface area contributed by atoms with E-state index in [9.17, 15) is 4.79 Å². The van der Waals surface area contributed by atoms with Crippen LogP contribution < -0.4 is 10.1 Å². The van der Waals surface area contributed by atoms with Gasteiger partial charge >= 0.3 is 0 Å². The molecule has 0 atom stereocenters. The Morgan fingerprint density at radius 3 is 2.91 bits per heavy atom. The van der Waals surface area contributed by atoms with Crippen LogP contribution in [0.15, 0.2) is 54.2 Å². The van der Waals surface area contributed by atoms with Gasteiger partial charge < -0.3 is 10.1 Å². The molecule has 5 nitrogen and oxygen atoms in total. The molecule has 2 aromatic heterocycles. The number of nitrogens with one attached hydrogen (secondary N) is 1. The molecule has 23 heavy (non-hydrogen) atoms. The number of para-hydroxylation sites is 1. The summed E-state index contributed by atoms with van der Waals surface area (Å²) in [6.07, 6.45) is 3.42. The Morgan fingerprint density at radius 2 is 2.13 bits per heavy atom. The molecule has 2 heterocycles. The van der Waals surface area contributed by atoms with E-state index in [0.717, 1.165) is 21.9 Å². The van der Waals surface area contributed by atoms with Crippen LogP contribution in [0, 0.1) is 0 Å². The SMILES string of the molecule is COc1ccccc1-c1nc(C(=O)NCc2cccnc2)cs1. The molecule has 6 heteroatoms. The highest BCUT2D eigenvalue weighted by Crippen LogP contribution is 2.31. The van der Waals surface area contributed by atoms with Crippen molar-refractivity contribution in [3.63, 3.8) is 0 Å². The van der Waals surface area contributed by atoms with Crippen molar-refractivity contribution in [2.45, 2.75) is 6.54 Å². The summed E-state index contributed by atoms with van der Waals surface area (Å²) in [4.78, 5) is 20.6. The number of amides is 1. The largest absolute Gasteiger partial charge is 0.496 e. The van der Waals surface area contributed by atoms with E-state index in [4.69, 9.17) is 4.74 Å². The number of hydrogen-bond donors (Lipinski definition) is 1. The van der Waals surface area contributed by atoms with Gasteiger partial charge in [0.1, 0.15) is 16.5 Å². The Labute approximate surface area is 138 Å². The van der Waals surface area contributed by atoms with Crippen LogP contribution in [0.25, 0.3) is 10.6 Å². The average Bonchev–Trinajstić information content (AvgIpc) is 3.10. The summed E-state index contributed by atoms with van der Waals surface area (Å²) in [6, 6.07) is 11.4. The van der Waals surface area contributed by atoms with E-state index in [1.165, 1.54) is 11.3 Å². The number of carbonyl (C=O) groups is 1. The van der Waals surface area contributed by atoms with E-state index in [2.05, 4.69) is 15.3 Å². The number of benzene rings is 1. The molecule has 0 radical (unpaired) electrons. The fourth-order valence-electron chi connectivity index (χ4n) is 2.10. The zero-order chi connectivity index (χ0) is 16.1. The van der Waals surface area contributed by atoms with Crippen LogP contribution in [-0.2, 0) is 6.54 Å². The van der Waals surface area contributed by atoms with E-state index < -0.39 is 0 Å². The lowest BCUT2D eigenvalue weighted by molar-refractivity contribution is 0.0946. The van der Waals surface area contributed by atoms with Gasteiger partial charge in [-0.15, -0.1) is 11.3 Å².